The Balaban J connectivity index is 1.56. The lowest BCUT2D eigenvalue weighted by Gasteiger charge is -2.11. The van der Waals surface area contributed by atoms with Gasteiger partial charge in [0.05, 0.1) is 17.8 Å². The molecule has 0 fully saturated rings. The summed E-state index contributed by atoms with van der Waals surface area (Å²) in [6.45, 7) is 1.89. The average Bonchev–Trinajstić information content (AvgIpc) is 2.84. The van der Waals surface area contributed by atoms with Crippen LogP contribution in [0.2, 0.25) is 0 Å². The zero-order valence-electron chi connectivity index (χ0n) is 19.1. The molecule has 34 heavy (non-hydrogen) atoms. The molecule has 3 rings (SSSR count). The van der Waals surface area contributed by atoms with E-state index in [0.29, 0.717) is 23.4 Å². The van der Waals surface area contributed by atoms with E-state index in [9.17, 15) is 18.0 Å². The highest BCUT2D eigenvalue weighted by atomic mass is 32.2. The number of carbonyl (C=O) groups excluding carboxylic acids is 2. The zero-order chi connectivity index (χ0) is 24.6. The Labute approximate surface area is 199 Å². The SMILES string of the molecule is COC(=O)CCc1ccccc1NC(=O)c1ccc(OCCS(=O)(=O)c2ccc(C)cc2)cc1. The van der Waals surface area contributed by atoms with Crippen LogP contribution in [0, 0.1) is 6.92 Å². The molecule has 3 aromatic carbocycles. The van der Waals surface area contributed by atoms with Crippen LogP contribution >= 0.6 is 0 Å². The highest BCUT2D eigenvalue weighted by Gasteiger charge is 2.15. The van der Waals surface area contributed by atoms with Crippen molar-refractivity contribution in [1.82, 2.24) is 0 Å². The maximum Gasteiger partial charge on any atom is 0.305 e. The lowest BCUT2D eigenvalue weighted by molar-refractivity contribution is -0.140. The maximum absolute atomic E-state index is 12.7. The Bertz CT molecular complexity index is 1240. The molecule has 3 aromatic rings. The molecule has 0 saturated heterocycles. The molecule has 0 unspecified atom stereocenters. The molecule has 0 radical (unpaired) electrons. The first-order valence-corrected chi connectivity index (χ1v) is 12.4. The number of aryl methyl sites for hydroxylation is 2. The standard InChI is InChI=1S/C26H27NO6S/c1-19-7-14-23(15-8-19)34(30,31)18-17-33-22-12-9-21(10-13-22)26(29)27-24-6-4-3-5-20(24)11-16-25(28)32-2/h3-10,12-15H,11,16-18H2,1-2H3,(H,27,29). The van der Waals surface area contributed by atoms with Gasteiger partial charge in [0, 0.05) is 17.7 Å². The Morgan fingerprint density at radius 2 is 1.59 bits per heavy atom. The second-order valence-corrected chi connectivity index (χ2v) is 9.80. The normalized spacial score (nSPS) is 11.0. The second kappa shape index (κ2) is 11.5. The Morgan fingerprint density at radius 1 is 0.912 bits per heavy atom. The number of carbonyl (C=O) groups is 2. The first-order valence-electron chi connectivity index (χ1n) is 10.8. The second-order valence-electron chi connectivity index (χ2n) is 7.69. The van der Waals surface area contributed by atoms with E-state index in [1.54, 1.807) is 60.7 Å². The first-order chi connectivity index (χ1) is 16.3. The number of hydrogen-bond donors (Lipinski definition) is 1. The fourth-order valence-electron chi connectivity index (χ4n) is 3.23. The van der Waals surface area contributed by atoms with E-state index in [1.165, 1.54) is 7.11 Å². The van der Waals surface area contributed by atoms with Crippen LogP contribution in [0.1, 0.15) is 27.9 Å². The minimum Gasteiger partial charge on any atom is -0.493 e. The fourth-order valence-corrected chi connectivity index (χ4v) is 4.32. The van der Waals surface area contributed by atoms with Crippen LogP contribution in [0.4, 0.5) is 5.69 Å². The van der Waals surface area contributed by atoms with Crippen LogP contribution in [-0.4, -0.2) is 39.8 Å². The van der Waals surface area contributed by atoms with Gasteiger partial charge in [-0.2, -0.15) is 0 Å². The number of amides is 1. The van der Waals surface area contributed by atoms with Crippen LogP contribution in [0.25, 0.3) is 0 Å². The van der Waals surface area contributed by atoms with Gasteiger partial charge in [-0.1, -0.05) is 35.9 Å². The molecule has 0 bridgehead atoms. The van der Waals surface area contributed by atoms with E-state index >= 15 is 0 Å². The van der Waals surface area contributed by atoms with E-state index in [-0.39, 0.29) is 35.6 Å². The van der Waals surface area contributed by atoms with Crippen molar-refractivity contribution < 1.29 is 27.5 Å². The van der Waals surface area contributed by atoms with Gasteiger partial charge in [0.25, 0.3) is 5.91 Å². The predicted octanol–water partition coefficient (Wildman–Crippen LogP) is 4.21. The molecule has 7 nitrogen and oxygen atoms in total. The molecule has 178 valence electrons. The van der Waals surface area contributed by atoms with Crippen molar-refractivity contribution in [3.8, 4) is 5.75 Å². The van der Waals surface area contributed by atoms with E-state index in [2.05, 4.69) is 10.1 Å². The largest absolute Gasteiger partial charge is 0.493 e. The third kappa shape index (κ3) is 6.92. The van der Waals surface area contributed by atoms with Gasteiger partial charge in [0.1, 0.15) is 12.4 Å². The van der Waals surface area contributed by atoms with Gasteiger partial charge < -0.3 is 14.8 Å². The average molecular weight is 482 g/mol. The van der Waals surface area contributed by atoms with Crippen molar-refractivity contribution in [2.75, 3.05) is 24.8 Å². The smallest absolute Gasteiger partial charge is 0.305 e. The number of hydrogen-bond acceptors (Lipinski definition) is 6. The minimum absolute atomic E-state index is 0.00464. The van der Waals surface area contributed by atoms with Crippen molar-refractivity contribution >= 4 is 27.4 Å². The van der Waals surface area contributed by atoms with Gasteiger partial charge in [-0.25, -0.2) is 8.42 Å². The maximum atomic E-state index is 12.7. The third-order valence-corrected chi connectivity index (χ3v) is 6.90. The van der Waals surface area contributed by atoms with E-state index < -0.39 is 9.84 Å². The number of para-hydroxylation sites is 1. The van der Waals surface area contributed by atoms with Crippen LogP contribution in [0.3, 0.4) is 0 Å². The molecule has 1 amide bonds. The molecule has 0 aliphatic carbocycles. The van der Waals surface area contributed by atoms with Crippen molar-refractivity contribution in [3.63, 3.8) is 0 Å². The van der Waals surface area contributed by atoms with Crippen LogP contribution in [0.5, 0.6) is 5.75 Å². The van der Waals surface area contributed by atoms with Crippen LogP contribution in [-0.2, 0) is 25.8 Å². The van der Waals surface area contributed by atoms with E-state index in [4.69, 9.17) is 4.74 Å². The monoisotopic (exact) mass is 481 g/mol. The molecule has 0 aromatic heterocycles. The molecular weight excluding hydrogens is 454 g/mol. The highest BCUT2D eigenvalue weighted by Crippen LogP contribution is 2.20. The number of sulfone groups is 1. The number of ether oxygens (including phenoxy) is 2. The summed E-state index contributed by atoms with van der Waals surface area (Å²) in [6, 6.07) is 20.4. The fraction of sp³-hybridized carbons (Fsp3) is 0.231. The van der Waals surface area contributed by atoms with Gasteiger partial charge in [0.2, 0.25) is 0 Å². The Hall–Kier alpha value is -3.65. The summed E-state index contributed by atoms with van der Waals surface area (Å²) in [7, 11) is -2.10. The van der Waals surface area contributed by atoms with Crippen LogP contribution in [0.15, 0.2) is 77.7 Å². The molecule has 1 N–H and O–H groups in total. The van der Waals surface area contributed by atoms with Crippen LogP contribution < -0.4 is 10.1 Å². The summed E-state index contributed by atoms with van der Waals surface area (Å²) in [6.07, 6.45) is 0.663. The number of benzene rings is 3. The molecular formula is C26H27NO6S. The summed E-state index contributed by atoms with van der Waals surface area (Å²) in [5.74, 6) is -0.308. The van der Waals surface area contributed by atoms with Crippen molar-refractivity contribution in [3.05, 3.63) is 89.5 Å². The molecule has 0 aliphatic heterocycles. The summed E-state index contributed by atoms with van der Waals surface area (Å²) in [4.78, 5) is 24.4. The van der Waals surface area contributed by atoms with Gasteiger partial charge in [-0.15, -0.1) is 0 Å². The zero-order valence-corrected chi connectivity index (χ0v) is 19.9. The molecule has 0 heterocycles. The summed E-state index contributed by atoms with van der Waals surface area (Å²) < 4.78 is 35.1. The quantitative estimate of drug-likeness (QED) is 0.436. The predicted molar refractivity (Wildman–Crippen MR) is 130 cm³/mol. The molecule has 0 aliphatic rings. The van der Waals surface area contributed by atoms with E-state index in [1.807, 2.05) is 19.1 Å². The Morgan fingerprint density at radius 3 is 2.26 bits per heavy atom. The lowest BCUT2D eigenvalue weighted by Crippen LogP contribution is -2.15. The molecule has 0 spiro atoms. The van der Waals surface area contributed by atoms with Crippen molar-refractivity contribution in [1.29, 1.82) is 0 Å². The van der Waals surface area contributed by atoms with E-state index in [0.717, 1.165) is 11.1 Å². The summed E-state index contributed by atoms with van der Waals surface area (Å²) in [5, 5.41) is 2.86. The number of rotatable bonds is 10. The number of anilines is 1. The van der Waals surface area contributed by atoms with Crippen molar-refractivity contribution in [2.45, 2.75) is 24.7 Å². The Kier molecular flexibility index (Phi) is 8.43. The van der Waals surface area contributed by atoms with Gasteiger partial charge >= 0.3 is 5.97 Å². The van der Waals surface area contributed by atoms with Gasteiger partial charge in [0.15, 0.2) is 9.84 Å². The minimum atomic E-state index is -3.44. The van der Waals surface area contributed by atoms with Gasteiger partial charge in [-0.3, -0.25) is 9.59 Å². The molecule has 8 heteroatoms. The van der Waals surface area contributed by atoms with Crippen molar-refractivity contribution in [2.24, 2.45) is 0 Å². The molecule has 0 atom stereocenters. The number of esters is 1. The highest BCUT2D eigenvalue weighted by molar-refractivity contribution is 7.91. The summed E-state index contributed by atoms with van der Waals surface area (Å²) in [5.41, 5.74) is 2.86. The lowest BCUT2D eigenvalue weighted by atomic mass is 10.1. The number of nitrogens with one attached hydrogen (secondary N) is 1. The number of methoxy groups -OCH3 is 1. The molecule has 0 saturated carbocycles. The first kappa shape index (κ1) is 25.0. The topological polar surface area (TPSA) is 98.8 Å². The third-order valence-electron chi connectivity index (χ3n) is 5.21. The summed E-state index contributed by atoms with van der Waals surface area (Å²) >= 11 is 0. The van der Waals surface area contributed by atoms with Gasteiger partial charge in [-0.05, 0) is 61.4 Å².